The Labute approximate surface area is 141 Å². The number of hydrogen-bond acceptors (Lipinski definition) is 4. The van der Waals surface area contributed by atoms with Crippen LogP contribution in [0.2, 0.25) is 0 Å². The molecule has 0 aromatic heterocycles. The van der Waals surface area contributed by atoms with Gasteiger partial charge in [-0.3, -0.25) is 9.59 Å². The van der Waals surface area contributed by atoms with Crippen LogP contribution in [-0.4, -0.2) is 53.4 Å². The van der Waals surface area contributed by atoms with Crippen molar-refractivity contribution in [3.05, 3.63) is 0 Å². The van der Waals surface area contributed by atoms with E-state index in [9.17, 15) is 19.5 Å². The SMILES string of the molecule is CCC1(C[C@H](NC(=O)O)C(=O)N[C@H](CO)C[C@@H]2CCNC2=O)CC1. The standard InChI is InChI=1S/C16H27N3O5/c1-2-16(4-5-16)8-12(19-15(23)24)14(22)18-11(9-20)7-10-3-6-17-13(10)21/h10-12,19-20H,2-9H2,1H3,(H,17,21)(H,18,22)(H,23,24)/t10-,11-,12-/m0/s1. The Bertz CT molecular complexity index is 492. The molecule has 0 spiro atoms. The summed E-state index contributed by atoms with van der Waals surface area (Å²) in [5.74, 6) is -0.723. The lowest BCUT2D eigenvalue weighted by Gasteiger charge is -2.25. The van der Waals surface area contributed by atoms with Gasteiger partial charge in [-0.05, 0) is 37.5 Å². The highest BCUT2D eigenvalue weighted by atomic mass is 16.4. The predicted octanol–water partition coefficient (Wildman–Crippen LogP) is 0.206. The molecule has 1 saturated carbocycles. The summed E-state index contributed by atoms with van der Waals surface area (Å²) in [6.07, 6.45) is 3.17. The van der Waals surface area contributed by atoms with Crippen molar-refractivity contribution in [1.29, 1.82) is 0 Å². The van der Waals surface area contributed by atoms with Crippen molar-refractivity contribution in [1.82, 2.24) is 16.0 Å². The van der Waals surface area contributed by atoms with Crippen molar-refractivity contribution in [2.24, 2.45) is 11.3 Å². The highest BCUT2D eigenvalue weighted by Gasteiger charge is 2.44. The first-order chi connectivity index (χ1) is 11.4. The van der Waals surface area contributed by atoms with E-state index < -0.39 is 24.1 Å². The highest BCUT2D eigenvalue weighted by molar-refractivity contribution is 5.85. The topological polar surface area (TPSA) is 128 Å². The molecular formula is C16H27N3O5. The fourth-order valence-corrected chi connectivity index (χ4v) is 3.36. The second kappa shape index (κ2) is 7.83. The highest BCUT2D eigenvalue weighted by Crippen LogP contribution is 2.52. The second-order valence-electron chi connectivity index (χ2n) is 6.96. The molecule has 2 fully saturated rings. The van der Waals surface area contributed by atoms with Gasteiger partial charge in [0.15, 0.2) is 0 Å². The van der Waals surface area contributed by atoms with Crippen molar-refractivity contribution in [2.75, 3.05) is 13.2 Å². The van der Waals surface area contributed by atoms with Gasteiger partial charge in [0.2, 0.25) is 11.8 Å². The molecule has 1 saturated heterocycles. The molecule has 0 radical (unpaired) electrons. The first kappa shape index (κ1) is 18.5. The lowest BCUT2D eigenvalue weighted by atomic mass is 9.93. The van der Waals surface area contributed by atoms with E-state index in [2.05, 4.69) is 16.0 Å². The summed E-state index contributed by atoms with van der Waals surface area (Å²) in [7, 11) is 0. The van der Waals surface area contributed by atoms with E-state index in [1.807, 2.05) is 6.92 Å². The van der Waals surface area contributed by atoms with Gasteiger partial charge < -0.3 is 26.2 Å². The number of carboxylic acid groups (broad SMARTS) is 1. The lowest BCUT2D eigenvalue weighted by Crippen LogP contribution is -2.51. The molecule has 0 aromatic carbocycles. The zero-order chi connectivity index (χ0) is 17.7. The molecule has 0 aromatic rings. The summed E-state index contributed by atoms with van der Waals surface area (Å²) in [4.78, 5) is 35.1. The van der Waals surface area contributed by atoms with E-state index in [-0.39, 0.29) is 23.8 Å². The molecule has 3 amide bonds. The summed E-state index contributed by atoms with van der Waals surface area (Å²) < 4.78 is 0. The molecule has 8 heteroatoms. The van der Waals surface area contributed by atoms with Crippen LogP contribution in [0.25, 0.3) is 0 Å². The minimum atomic E-state index is -1.24. The maximum atomic E-state index is 12.5. The number of amides is 3. The summed E-state index contributed by atoms with van der Waals surface area (Å²) in [6.45, 7) is 2.37. The maximum Gasteiger partial charge on any atom is 0.405 e. The number of carbonyl (C=O) groups is 3. The summed E-state index contributed by atoms with van der Waals surface area (Å²) in [5, 5.41) is 26.2. The number of nitrogens with one attached hydrogen (secondary N) is 3. The molecule has 1 aliphatic carbocycles. The molecule has 0 bridgehead atoms. The summed E-state index contributed by atoms with van der Waals surface area (Å²) >= 11 is 0. The van der Waals surface area contributed by atoms with Crippen LogP contribution in [0, 0.1) is 11.3 Å². The van der Waals surface area contributed by atoms with Gasteiger partial charge in [-0.15, -0.1) is 0 Å². The molecule has 2 rings (SSSR count). The average Bonchev–Trinajstić information content (AvgIpc) is 3.21. The molecule has 1 aliphatic heterocycles. The smallest absolute Gasteiger partial charge is 0.405 e. The van der Waals surface area contributed by atoms with Gasteiger partial charge in [-0.1, -0.05) is 13.3 Å². The third-order valence-electron chi connectivity index (χ3n) is 5.26. The Morgan fingerprint density at radius 3 is 2.54 bits per heavy atom. The van der Waals surface area contributed by atoms with Crippen molar-refractivity contribution >= 4 is 17.9 Å². The van der Waals surface area contributed by atoms with Gasteiger partial charge in [0, 0.05) is 12.5 Å². The maximum absolute atomic E-state index is 12.5. The summed E-state index contributed by atoms with van der Waals surface area (Å²) in [6, 6.07) is -1.39. The second-order valence-corrected chi connectivity index (χ2v) is 6.96. The predicted molar refractivity (Wildman–Crippen MR) is 86.3 cm³/mol. The third-order valence-corrected chi connectivity index (χ3v) is 5.26. The normalized spacial score (nSPS) is 23.9. The Morgan fingerprint density at radius 1 is 1.38 bits per heavy atom. The molecule has 136 valence electrons. The minimum Gasteiger partial charge on any atom is -0.465 e. The third kappa shape index (κ3) is 4.83. The Hall–Kier alpha value is -1.83. The molecule has 5 N–H and O–H groups in total. The van der Waals surface area contributed by atoms with E-state index in [1.165, 1.54) is 0 Å². The number of aliphatic hydroxyl groups is 1. The van der Waals surface area contributed by atoms with Crippen molar-refractivity contribution < 1.29 is 24.6 Å². The van der Waals surface area contributed by atoms with Crippen LogP contribution in [0.1, 0.15) is 45.4 Å². The van der Waals surface area contributed by atoms with Crippen molar-refractivity contribution in [3.63, 3.8) is 0 Å². The van der Waals surface area contributed by atoms with E-state index in [1.54, 1.807) is 0 Å². The molecule has 3 atom stereocenters. The lowest BCUT2D eigenvalue weighted by molar-refractivity contribution is -0.126. The van der Waals surface area contributed by atoms with E-state index in [0.29, 0.717) is 25.8 Å². The fraction of sp³-hybridized carbons (Fsp3) is 0.812. The molecule has 0 unspecified atom stereocenters. The van der Waals surface area contributed by atoms with Gasteiger partial charge in [-0.2, -0.15) is 0 Å². The number of hydrogen-bond donors (Lipinski definition) is 5. The van der Waals surface area contributed by atoms with E-state index in [4.69, 9.17) is 5.11 Å². The Morgan fingerprint density at radius 2 is 2.08 bits per heavy atom. The van der Waals surface area contributed by atoms with Crippen LogP contribution in [0.5, 0.6) is 0 Å². The first-order valence-electron chi connectivity index (χ1n) is 8.57. The van der Waals surface area contributed by atoms with Crippen LogP contribution in [-0.2, 0) is 9.59 Å². The van der Waals surface area contributed by atoms with E-state index >= 15 is 0 Å². The zero-order valence-corrected chi connectivity index (χ0v) is 14.0. The van der Waals surface area contributed by atoms with Gasteiger partial charge in [0.05, 0.1) is 12.6 Å². The van der Waals surface area contributed by atoms with Crippen LogP contribution < -0.4 is 16.0 Å². The molecule has 2 aliphatic rings. The molecular weight excluding hydrogens is 314 g/mol. The summed E-state index contributed by atoms with van der Waals surface area (Å²) in [5.41, 5.74) is 0.0461. The molecule has 8 nitrogen and oxygen atoms in total. The quantitative estimate of drug-likeness (QED) is 0.409. The molecule has 1 heterocycles. The number of rotatable bonds is 9. The Balaban J connectivity index is 1.93. The van der Waals surface area contributed by atoms with Gasteiger partial charge in [0.25, 0.3) is 0 Å². The van der Waals surface area contributed by atoms with Crippen LogP contribution >= 0.6 is 0 Å². The van der Waals surface area contributed by atoms with Gasteiger partial charge >= 0.3 is 6.09 Å². The van der Waals surface area contributed by atoms with Crippen LogP contribution in [0.15, 0.2) is 0 Å². The number of carbonyl (C=O) groups excluding carboxylic acids is 2. The largest absolute Gasteiger partial charge is 0.465 e. The molecule has 24 heavy (non-hydrogen) atoms. The van der Waals surface area contributed by atoms with Crippen LogP contribution in [0.3, 0.4) is 0 Å². The monoisotopic (exact) mass is 341 g/mol. The Kier molecular flexibility index (Phi) is 6.04. The van der Waals surface area contributed by atoms with Crippen LogP contribution in [0.4, 0.5) is 4.79 Å². The fourth-order valence-electron chi connectivity index (χ4n) is 3.36. The minimum absolute atomic E-state index is 0.0461. The first-order valence-corrected chi connectivity index (χ1v) is 8.57. The van der Waals surface area contributed by atoms with Gasteiger partial charge in [-0.25, -0.2) is 4.79 Å². The van der Waals surface area contributed by atoms with Crippen molar-refractivity contribution in [2.45, 2.75) is 57.5 Å². The zero-order valence-electron chi connectivity index (χ0n) is 14.0. The number of aliphatic hydroxyl groups excluding tert-OH is 1. The van der Waals surface area contributed by atoms with E-state index in [0.717, 1.165) is 19.3 Å². The van der Waals surface area contributed by atoms with Gasteiger partial charge in [0.1, 0.15) is 6.04 Å². The average molecular weight is 341 g/mol. The van der Waals surface area contributed by atoms with Crippen molar-refractivity contribution in [3.8, 4) is 0 Å².